The van der Waals surface area contributed by atoms with Crippen LogP contribution in [0.15, 0.2) is 18.3 Å². The number of thioether (sulfide) groups is 1. The minimum absolute atomic E-state index is 0.129. The summed E-state index contributed by atoms with van der Waals surface area (Å²) in [5.74, 6) is 7.35. The molecule has 3 nitrogen and oxygen atoms in total. The largest absolute Gasteiger partial charge is 0.495 e. The van der Waals surface area contributed by atoms with Crippen LogP contribution in [0.25, 0.3) is 0 Å². The molecule has 4 heteroatoms. The van der Waals surface area contributed by atoms with Crippen molar-refractivity contribution in [2.75, 3.05) is 12.9 Å². The Balaban J connectivity index is 2.41. The van der Waals surface area contributed by atoms with E-state index < -0.39 is 0 Å². The van der Waals surface area contributed by atoms with Crippen LogP contribution in [0.4, 0.5) is 0 Å². The summed E-state index contributed by atoms with van der Waals surface area (Å²) in [4.78, 5) is 14.7. The molecule has 0 unspecified atom stereocenters. The molecule has 0 aliphatic rings. The lowest BCUT2D eigenvalue weighted by molar-refractivity contribution is -0.109. The van der Waals surface area contributed by atoms with Crippen LogP contribution in [0.5, 0.6) is 5.75 Å². The van der Waals surface area contributed by atoms with Crippen LogP contribution in [0, 0.1) is 11.8 Å². The summed E-state index contributed by atoms with van der Waals surface area (Å²) in [7, 11) is 1.60. The monoisotopic (exact) mass is 235 g/mol. The quantitative estimate of drug-likeness (QED) is 0.594. The summed E-state index contributed by atoms with van der Waals surface area (Å²) in [6.45, 7) is 1.56. The molecule has 16 heavy (non-hydrogen) atoms. The first kappa shape index (κ1) is 12.6. The standard InChI is InChI=1S/C12H13NO2S/c1-10(14)16-8-4-3-5-11-6-7-12(15-2)9-13-11/h6-7,9H,4,8H2,1-2H3. The molecule has 1 aromatic heterocycles. The Morgan fingerprint density at radius 1 is 1.56 bits per heavy atom. The van der Waals surface area contributed by atoms with Gasteiger partial charge >= 0.3 is 0 Å². The van der Waals surface area contributed by atoms with Gasteiger partial charge in [-0.2, -0.15) is 0 Å². The van der Waals surface area contributed by atoms with Gasteiger partial charge in [0.05, 0.1) is 13.3 Å². The third-order valence-electron chi connectivity index (χ3n) is 1.72. The van der Waals surface area contributed by atoms with Gasteiger partial charge in [0.15, 0.2) is 5.12 Å². The lowest BCUT2D eigenvalue weighted by Crippen LogP contribution is -1.87. The molecule has 0 amide bonds. The van der Waals surface area contributed by atoms with Crippen LogP contribution in [0.3, 0.4) is 0 Å². The number of pyridine rings is 1. The number of hydrogen-bond acceptors (Lipinski definition) is 4. The molecule has 0 radical (unpaired) electrons. The molecule has 0 N–H and O–H groups in total. The Labute approximate surface area is 99.6 Å². The second-order valence-corrected chi connectivity index (χ2v) is 4.25. The first-order valence-corrected chi connectivity index (χ1v) is 5.83. The second-order valence-electron chi connectivity index (χ2n) is 2.98. The maximum atomic E-state index is 10.6. The molecule has 84 valence electrons. The molecule has 0 aromatic carbocycles. The highest BCUT2D eigenvalue weighted by Gasteiger charge is 1.92. The normalized spacial score (nSPS) is 9.12. The molecular formula is C12H13NO2S. The van der Waals surface area contributed by atoms with Crippen molar-refractivity contribution >= 4 is 16.9 Å². The van der Waals surface area contributed by atoms with E-state index in [2.05, 4.69) is 16.8 Å². The molecule has 0 bridgehead atoms. The zero-order chi connectivity index (χ0) is 11.8. The van der Waals surface area contributed by atoms with Crippen molar-refractivity contribution in [1.82, 2.24) is 4.98 Å². The molecule has 0 aliphatic carbocycles. The molecule has 0 saturated heterocycles. The summed E-state index contributed by atoms with van der Waals surface area (Å²) >= 11 is 1.29. The molecule has 0 fully saturated rings. The molecule has 0 aliphatic heterocycles. The molecule has 0 saturated carbocycles. The number of hydrogen-bond donors (Lipinski definition) is 0. The van der Waals surface area contributed by atoms with Gasteiger partial charge in [-0.3, -0.25) is 4.79 Å². The number of nitrogens with zero attached hydrogens (tertiary/aromatic N) is 1. The average Bonchev–Trinajstić information content (AvgIpc) is 2.29. The predicted octanol–water partition coefficient (Wildman–Crippen LogP) is 2.11. The third-order valence-corrected chi connectivity index (χ3v) is 2.54. The highest BCUT2D eigenvalue weighted by Crippen LogP contribution is 2.07. The van der Waals surface area contributed by atoms with Crippen molar-refractivity contribution < 1.29 is 9.53 Å². The fourth-order valence-corrected chi connectivity index (χ4v) is 1.47. The number of carbonyl (C=O) groups excluding carboxylic acids is 1. The summed E-state index contributed by atoms with van der Waals surface area (Å²) in [6, 6.07) is 3.63. The minimum atomic E-state index is 0.129. The van der Waals surface area contributed by atoms with Crippen LogP contribution in [0.1, 0.15) is 19.0 Å². The SMILES string of the molecule is COc1ccc(C#CCCSC(C)=O)nc1. The van der Waals surface area contributed by atoms with E-state index in [1.165, 1.54) is 11.8 Å². The first-order valence-electron chi connectivity index (χ1n) is 4.84. The van der Waals surface area contributed by atoms with E-state index in [1.807, 2.05) is 12.1 Å². The molecule has 1 heterocycles. The number of ether oxygens (including phenoxy) is 1. The van der Waals surface area contributed by atoms with Gasteiger partial charge < -0.3 is 4.74 Å². The Hall–Kier alpha value is -1.47. The van der Waals surface area contributed by atoms with Crippen molar-refractivity contribution in [3.8, 4) is 17.6 Å². The summed E-state index contributed by atoms with van der Waals surface area (Å²) in [5, 5.41) is 0.129. The summed E-state index contributed by atoms with van der Waals surface area (Å²) in [5.41, 5.74) is 0.716. The predicted molar refractivity (Wildman–Crippen MR) is 65.4 cm³/mol. The highest BCUT2D eigenvalue weighted by atomic mass is 32.2. The van der Waals surface area contributed by atoms with E-state index in [1.54, 1.807) is 20.2 Å². The zero-order valence-corrected chi connectivity index (χ0v) is 10.1. The maximum Gasteiger partial charge on any atom is 0.185 e. The van der Waals surface area contributed by atoms with E-state index in [0.29, 0.717) is 12.1 Å². The van der Waals surface area contributed by atoms with E-state index in [0.717, 1.165) is 11.5 Å². The van der Waals surface area contributed by atoms with Crippen molar-refractivity contribution in [2.45, 2.75) is 13.3 Å². The average molecular weight is 235 g/mol. The van der Waals surface area contributed by atoms with Crippen LogP contribution >= 0.6 is 11.8 Å². The Morgan fingerprint density at radius 3 is 2.94 bits per heavy atom. The first-order chi connectivity index (χ1) is 7.72. The van der Waals surface area contributed by atoms with Gasteiger partial charge in [0.2, 0.25) is 0 Å². The van der Waals surface area contributed by atoms with Gasteiger partial charge in [0.1, 0.15) is 11.4 Å². The van der Waals surface area contributed by atoms with E-state index >= 15 is 0 Å². The Kier molecular flexibility index (Phi) is 5.44. The van der Waals surface area contributed by atoms with E-state index in [9.17, 15) is 4.79 Å². The van der Waals surface area contributed by atoms with Gasteiger partial charge in [0.25, 0.3) is 0 Å². The summed E-state index contributed by atoms with van der Waals surface area (Å²) in [6.07, 6.45) is 2.33. The smallest absolute Gasteiger partial charge is 0.185 e. The fraction of sp³-hybridized carbons (Fsp3) is 0.333. The molecular weight excluding hydrogens is 222 g/mol. The molecule has 1 rings (SSSR count). The van der Waals surface area contributed by atoms with Crippen molar-refractivity contribution in [2.24, 2.45) is 0 Å². The maximum absolute atomic E-state index is 10.6. The van der Waals surface area contributed by atoms with Crippen molar-refractivity contribution in [1.29, 1.82) is 0 Å². The van der Waals surface area contributed by atoms with E-state index in [4.69, 9.17) is 4.74 Å². The minimum Gasteiger partial charge on any atom is -0.495 e. The third kappa shape index (κ3) is 4.85. The number of rotatable bonds is 3. The van der Waals surface area contributed by atoms with Crippen molar-refractivity contribution in [3.05, 3.63) is 24.0 Å². The molecule has 1 aromatic rings. The van der Waals surface area contributed by atoms with Crippen molar-refractivity contribution in [3.63, 3.8) is 0 Å². The zero-order valence-electron chi connectivity index (χ0n) is 9.32. The van der Waals surface area contributed by atoms with Gasteiger partial charge in [-0.05, 0) is 18.1 Å². The van der Waals surface area contributed by atoms with Crippen LogP contribution in [-0.4, -0.2) is 23.0 Å². The summed E-state index contributed by atoms with van der Waals surface area (Å²) < 4.78 is 4.99. The number of methoxy groups -OCH3 is 1. The lowest BCUT2D eigenvalue weighted by Gasteiger charge is -1.96. The number of carbonyl (C=O) groups is 1. The highest BCUT2D eigenvalue weighted by molar-refractivity contribution is 8.13. The van der Waals surface area contributed by atoms with Gasteiger partial charge in [-0.1, -0.05) is 17.7 Å². The fourth-order valence-electron chi connectivity index (χ4n) is 0.974. The lowest BCUT2D eigenvalue weighted by atomic mass is 10.3. The molecule has 0 spiro atoms. The topological polar surface area (TPSA) is 39.2 Å². The van der Waals surface area contributed by atoms with Gasteiger partial charge in [-0.25, -0.2) is 4.98 Å². The van der Waals surface area contributed by atoms with E-state index in [-0.39, 0.29) is 5.12 Å². The van der Waals surface area contributed by atoms with Gasteiger partial charge in [0, 0.05) is 19.1 Å². The van der Waals surface area contributed by atoms with Crippen LogP contribution < -0.4 is 4.74 Å². The molecule has 0 atom stereocenters. The Morgan fingerprint density at radius 2 is 2.38 bits per heavy atom. The Bertz CT molecular complexity index is 403. The van der Waals surface area contributed by atoms with Crippen LogP contribution in [-0.2, 0) is 4.79 Å². The van der Waals surface area contributed by atoms with Gasteiger partial charge in [-0.15, -0.1) is 0 Å². The second kappa shape index (κ2) is 6.91. The van der Waals surface area contributed by atoms with Crippen LogP contribution in [0.2, 0.25) is 0 Å². The number of aromatic nitrogens is 1.